The predicted molar refractivity (Wildman–Crippen MR) is 95.8 cm³/mol. The van der Waals surface area contributed by atoms with Crippen LogP contribution in [0, 0.1) is 24.0 Å². The molecule has 0 aliphatic rings. The molecule has 1 N–H and O–H groups in total. The number of Topliss-reactive ketones (excluding diaryl/α,β-unsaturated/α-hetero) is 1. The van der Waals surface area contributed by atoms with E-state index in [1.165, 1.54) is 17.9 Å². The van der Waals surface area contributed by atoms with Crippen molar-refractivity contribution in [2.45, 2.75) is 20.4 Å². The van der Waals surface area contributed by atoms with Crippen LogP contribution in [-0.4, -0.2) is 26.4 Å². The zero-order chi connectivity index (χ0) is 19.6. The Hall–Kier alpha value is -3.75. The number of carbonyl (C=O) groups is 2. The first kappa shape index (κ1) is 18.1. The molecular weight excluding hydrogens is 352 g/mol. The van der Waals surface area contributed by atoms with Crippen LogP contribution in [0.2, 0.25) is 0 Å². The lowest BCUT2D eigenvalue weighted by atomic mass is 10.1. The topological polar surface area (TPSA) is 120 Å². The lowest BCUT2D eigenvalue weighted by Gasteiger charge is -2.06. The van der Waals surface area contributed by atoms with Crippen LogP contribution in [0.1, 0.15) is 32.3 Å². The van der Waals surface area contributed by atoms with Crippen LogP contribution in [0.5, 0.6) is 0 Å². The van der Waals surface area contributed by atoms with Gasteiger partial charge in [0.2, 0.25) is 0 Å². The van der Waals surface area contributed by atoms with Crippen molar-refractivity contribution in [1.29, 1.82) is 0 Å². The van der Waals surface area contributed by atoms with Crippen LogP contribution in [-0.2, 0) is 6.54 Å². The molecule has 9 heteroatoms. The van der Waals surface area contributed by atoms with Gasteiger partial charge in [0.05, 0.1) is 11.2 Å². The number of ketones is 1. The lowest BCUT2D eigenvalue weighted by Crippen LogP contribution is -2.14. The number of carbonyl (C=O) groups excluding carboxylic acids is 2. The smallest absolute Gasteiger partial charge is 0.312 e. The number of anilines is 1. The number of hydrogen-bond acceptors (Lipinski definition) is 6. The van der Waals surface area contributed by atoms with Crippen LogP contribution in [0.3, 0.4) is 0 Å². The van der Waals surface area contributed by atoms with Gasteiger partial charge in [-0.25, -0.2) is 0 Å². The Morgan fingerprint density at radius 1 is 1.22 bits per heavy atom. The van der Waals surface area contributed by atoms with E-state index in [2.05, 4.69) is 10.4 Å². The second-order valence-electron chi connectivity index (χ2n) is 5.87. The summed E-state index contributed by atoms with van der Waals surface area (Å²) in [5, 5.41) is 17.8. The Balaban J connectivity index is 1.70. The summed E-state index contributed by atoms with van der Waals surface area (Å²) in [6, 6.07) is 9.48. The first-order valence-electron chi connectivity index (χ1n) is 8.03. The average molecular weight is 368 g/mol. The number of rotatable bonds is 6. The predicted octanol–water partition coefficient (Wildman–Crippen LogP) is 3.14. The fourth-order valence-electron chi connectivity index (χ4n) is 2.67. The number of aryl methyl sites for hydroxylation is 1. The van der Waals surface area contributed by atoms with Gasteiger partial charge in [-0.1, -0.05) is 0 Å². The molecule has 0 saturated heterocycles. The van der Waals surface area contributed by atoms with Crippen LogP contribution >= 0.6 is 0 Å². The number of nitro groups is 1. The van der Waals surface area contributed by atoms with Crippen molar-refractivity contribution >= 4 is 23.1 Å². The number of amides is 1. The molecule has 1 amide bonds. The van der Waals surface area contributed by atoms with Gasteiger partial charge in [-0.3, -0.25) is 24.4 Å². The lowest BCUT2D eigenvalue weighted by molar-refractivity contribution is -0.386. The van der Waals surface area contributed by atoms with E-state index < -0.39 is 10.8 Å². The molecule has 0 fully saturated rings. The molecule has 0 aliphatic heterocycles. The van der Waals surface area contributed by atoms with E-state index in [0.29, 0.717) is 16.9 Å². The van der Waals surface area contributed by atoms with Crippen molar-refractivity contribution in [3.05, 3.63) is 75.5 Å². The summed E-state index contributed by atoms with van der Waals surface area (Å²) >= 11 is 0. The molecule has 1 aromatic carbocycles. The summed E-state index contributed by atoms with van der Waals surface area (Å²) < 4.78 is 6.33. The Kier molecular flexibility index (Phi) is 4.84. The first-order valence-corrected chi connectivity index (χ1v) is 8.03. The van der Waals surface area contributed by atoms with Crippen molar-refractivity contribution < 1.29 is 18.9 Å². The van der Waals surface area contributed by atoms with Crippen LogP contribution in [0.15, 0.2) is 47.1 Å². The fourth-order valence-corrected chi connectivity index (χ4v) is 2.67. The third-order valence-electron chi connectivity index (χ3n) is 4.03. The summed E-state index contributed by atoms with van der Waals surface area (Å²) in [6.07, 6.45) is 1.40. The minimum Gasteiger partial charge on any atom is -0.459 e. The zero-order valence-corrected chi connectivity index (χ0v) is 14.6. The van der Waals surface area contributed by atoms with Crippen LogP contribution in [0.4, 0.5) is 11.4 Å². The number of furan rings is 1. The minimum atomic E-state index is -0.505. The maximum atomic E-state index is 12.4. The highest BCUT2D eigenvalue weighted by atomic mass is 16.6. The van der Waals surface area contributed by atoms with E-state index in [1.54, 1.807) is 43.3 Å². The molecule has 3 rings (SSSR count). The van der Waals surface area contributed by atoms with Gasteiger partial charge < -0.3 is 9.73 Å². The van der Waals surface area contributed by atoms with Crippen molar-refractivity contribution in [2.75, 3.05) is 5.32 Å². The van der Waals surface area contributed by atoms with E-state index in [4.69, 9.17) is 4.42 Å². The molecule has 27 heavy (non-hydrogen) atoms. The molecule has 0 saturated carbocycles. The van der Waals surface area contributed by atoms with Gasteiger partial charge in [-0.15, -0.1) is 0 Å². The number of hydrogen-bond donors (Lipinski definition) is 1. The highest BCUT2D eigenvalue weighted by Crippen LogP contribution is 2.22. The largest absolute Gasteiger partial charge is 0.459 e. The van der Waals surface area contributed by atoms with E-state index in [9.17, 15) is 19.7 Å². The zero-order valence-electron chi connectivity index (χ0n) is 14.6. The molecule has 0 spiro atoms. The molecule has 0 atom stereocenters. The van der Waals surface area contributed by atoms with E-state index in [0.717, 1.165) is 0 Å². The summed E-state index contributed by atoms with van der Waals surface area (Å²) in [5.74, 6) is -0.463. The second kappa shape index (κ2) is 7.24. The number of nitrogens with zero attached hydrogens (tertiary/aromatic N) is 3. The summed E-state index contributed by atoms with van der Waals surface area (Å²) in [6.45, 7) is 2.97. The van der Waals surface area contributed by atoms with E-state index in [-0.39, 0.29) is 29.5 Å². The SMILES string of the molecule is Cc1nn(CC(=O)c2ccc(NC(=O)c3ccco3)cc2)c(C)c1[N+](=O)[O-]. The molecule has 0 aliphatic carbocycles. The Bertz CT molecular complexity index is 1000. The number of aromatic nitrogens is 2. The van der Waals surface area contributed by atoms with Crippen molar-refractivity contribution in [1.82, 2.24) is 9.78 Å². The van der Waals surface area contributed by atoms with Gasteiger partial charge in [0.15, 0.2) is 11.5 Å². The average Bonchev–Trinajstić information content (AvgIpc) is 3.24. The van der Waals surface area contributed by atoms with E-state index in [1.807, 2.05) is 0 Å². The Labute approximate surface area is 153 Å². The molecule has 0 unspecified atom stereocenters. The minimum absolute atomic E-state index is 0.0845. The summed E-state index contributed by atoms with van der Waals surface area (Å²) in [5.41, 5.74) is 1.42. The second-order valence-corrected chi connectivity index (χ2v) is 5.87. The van der Waals surface area contributed by atoms with Crippen LogP contribution < -0.4 is 5.32 Å². The third kappa shape index (κ3) is 3.76. The summed E-state index contributed by atoms with van der Waals surface area (Å²) in [7, 11) is 0. The van der Waals surface area contributed by atoms with Crippen molar-refractivity contribution in [3.63, 3.8) is 0 Å². The van der Waals surface area contributed by atoms with Crippen molar-refractivity contribution in [2.24, 2.45) is 0 Å². The molecule has 138 valence electrons. The maximum Gasteiger partial charge on any atom is 0.312 e. The van der Waals surface area contributed by atoms with Crippen molar-refractivity contribution in [3.8, 4) is 0 Å². The number of benzene rings is 1. The summed E-state index contributed by atoms with van der Waals surface area (Å²) in [4.78, 5) is 34.9. The molecule has 9 nitrogen and oxygen atoms in total. The maximum absolute atomic E-state index is 12.4. The Morgan fingerprint density at radius 3 is 2.48 bits per heavy atom. The highest BCUT2D eigenvalue weighted by Gasteiger charge is 2.23. The van der Waals surface area contributed by atoms with E-state index >= 15 is 0 Å². The number of nitrogens with one attached hydrogen (secondary N) is 1. The Morgan fingerprint density at radius 2 is 1.93 bits per heavy atom. The van der Waals surface area contributed by atoms with Crippen LogP contribution in [0.25, 0.3) is 0 Å². The molecular formula is C18H16N4O5. The quantitative estimate of drug-likeness (QED) is 0.405. The highest BCUT2D eigenvalue weighted by molar-refractivity contribution is 6.02. The van der Waals surface area contributed by atoms with Gasteiger partial charge in [0.1, 0.15) is 17.9 Å². The molecule has 2 aromatic heterocycles. The standard InChI is InChI=1S/C18H16N4O5/c1-11-17(22(25)26)12(2)21(20-11)10-15(23)13-5-7-14(8-6-13)19-18(24)16-4-3-9-27-16/h3-9H,10H2,1-2H3,(H,19,24). The van der Waals surface area contributed by atoms with Gasteiger partial charge in [0, 0.05) is 11.3 Å². The third-order valence-corrected chi connectivity index (χ3v) is 4.03. The molecule has 0 bridgehead atoms. The van der Waals surface area contributed by atoms with Gasteiger partial charge in [-0.2, -0.15) is 5.10 Å². The van der Waals surface area contributed by atoms with Gasteiger partial charge >= 0.3 is 5.69 Å². The molecule has 0 radical (unpaired) electrons. The fraction of sp³-hybridized carbons (Fsp3) is 0.167. The van der Waals surface area contributed by atoms with Gasteiger partial charge in [-0.05, 0) is 50.2 Å². The molecule has 3 aromatic rings. The molecule has 2 heterocycles. The first-order chi connectivity index (χ1) is 12.9. The normalized spacial score (nSPS) is 10.6. The monoisotopic (exact) mass is 368 g/mol. The van der Waals surface area contributed by atoms with Gasteiger partial charge in [0.25, 0.3) is 5.91 Å².